The molecule has 0 saturated carbocycles. The Labute approximate surface area is 159 Å². The minimum atomic E-state index is -1.17. The highest BCUT2D eigenvalue weighted by Crippen LogP contribution is 2.26. The standard InChI is InChI=1S/C19H17F3N2O2S/c1-4-10-27-12-8-9-16(15(22)11-12)23(2)19(26)24(3)18(25)17-13(20)6-5-7-14(17)21/h4-9,11H,1,10H2,2-3H3. The van der Waals surface area contributed by atoms with E-state index in [1.807, 2.05) is 0 Å². The first-order chi connectivity index (χ1) is 12.8. The van der Waals surface area contributed by atoms with Crippen LogP contribution in [0.25, 0.3) is 0 Å². The van der Waals surface area contributed by atoms with Crippen molar-refractivity contribution in [2.24, 2.45) is 0 Å². The van der Waals surface area contributed by atoms with Gasteiger partial charge < -0.3 is 0 Å². The maximum Gasteiger partial charge on any atom is 0.331 e. The number of amides is 3. The van der Waals surface area contributed by atoms with Crippen LogP contribution in [0.4, 0.5) is 23.7 Å². The molecule has 0 saturated heterocycles. The SMILES string of the molecule is C=CCSc1ccc(N(C)C(=O)N(C)C(=O)c2c(F)cccc2F)c(F)c1. The number of rotatable bonds is 5. The summed E-state index contributed by atoms with van der Waals surface area (Å²) in [5.41, 5.74) is -0.921. The second-order valence-electron chi connectivity index (χ2n) is 5.52. The number of imide groups is 1. The van der Waals surface area contributed by atoms with E-state index in [9.17, 15) is 22.8 Å². The van der Waals surface area contributed by atoms with E-state index in [1.54, 1.807) is 12.1 Å². The maximum atomic E-state index is 14.3. The Morgan fingerprint density at radius 3 is 2.26 bits per heavy atom. The number of thioether (sulfide) groups is 1. The molecule has 2 rings (SSSR count). The minimum Gasteiger partial charge on any atom is -0.294 e. The summed E-state index contributed by atoms with van der Waals surface area (Å²) < 4.78 is 41.9. The second-order valence-corrected chi connectivity index (χ2v) is 6.61. The molecule has 0 unspecified atom stereocenters. The molecular weight excluding hydrogens is 377 g/mol. The Morgan fingerprint density at radius 2 is 1.70 bits per heavy atom. The maximum absolute atomic E-state index is 14.3. The molecular formula is C19H17F3N2O2S. The van der Waals surface area contributed by atoms with Gasteiger partial charge in [0.2, 0.25) is 0 Å². The van der Waals surface area contributed by atoms with Crippen LogP contribution in [0.1, 0.15) is 10.4 Å². The van der Waals surface area contributed by atoms with Gasteiger partial charge in [-0.1, -0.05) is 12.1 Å². The van der Waals surface area contributed by atoms with Crippen molar-refractivity contribution in [1.29, 1.82) is 0 Å². The van der Waals surface area contributed by atoms with E-state index in [2.05, 4.69) is 6.58 Å². The lowest BCUT2D eigenvalue weighted by molar-refractivity contribution is 0.0827. The molecule has 0 bridgehead atoms. The third-order valence-electron chi connectivity index (χ3n) is 3.70. The van der Waals surface area contributed by atoms with Crippen LogP contribution >= 0.6 is 11.8 Å². The molecule has 3 amide bonds. The van der Waals surface area contributed by atoms with E-state index >= 15 is 0 Å². The van der Waals surface area contributed by atoms with Crippen LogP contribution in [-0.2, 0) is 0 Å². The zero-order valence-corrected chi connectivity index (χ0v) is 15.5. The Balaban J connectivity index is 2.23. The second kappa shape index (κ2) is 8.77. The van der Waals surface area contributed by atoms with E-state index in [-0.39, 0.29) is 5.69 Å². The summed E-state index contributed by atoms with van der Waals surface area (Å²) in [6, 6.07) is 6.26. The Morgan fingerprint density at radius 1 is 1.07 bits per heavy atom. The van der Waals surface area contributed by atoms with Crippen molar-refractivity contribution in [3.05, 3.63) is 72.1 Å². The van der Waals surface area contributed by atoms with E-state index in [4.69, 9.17) is 0 Å². The molecule has 0 N–H and O–H groups in total. The number of hydrogen-bond donors (Lipinski definition) is 0. The summed E-state index contributed by atoms with van der Waals surface area (Å²) in [7, 11) is 2.33. The lowest BCUT2D eigenvalue weighted by Crippen LogP contribution is -2.43. The molecule has 0 aromatic heterocycles. The fourth-order valence-corrected chi connectivity index (χ4v) is 2.95. The number of nitrogens with zero attached hydrogens (tertiary/aromatic N) is 2. The predicted octanol–water partition coefficient (Wildman–Crippen LogP) is 4.71. The smallest absolute Gasteiger partial charge is 0.294 e. The quantitative estimate of drug-likeness (QED) is 0.545. The number of benzene rings is 2. The summed E-state index contributed by atoms with van der Waals surface area (Å²) in [5, 5.41) is 0. The van der Waals surface area contributed by atoms with Crippen molar-refractivity contribution in [2.45, 2.75) is 4.90 Å². The molecule has 0 radical (unpaired) electrons. The van der Waals surface area contributed by atoms with Crippen LogP contribution in [0.3, 0.4) is 0 Å². The highest BCUT2D eigenvalue weighted by atomic mass is 32.2. The topological polar surface area (TPSA) is 40.6 Å². The molecule has 0 aliphatic rings. The first-order valence-electron chi connectivity index (χ1n) is 7.81. The van der Waals surface area contributed by atoms with Crippen molar-refractivity contribution in [1.82, 2.24) is 4.90 Å². The van der Waals surface area contributed by atoms with Gasteiger partial charge in [-0.15, -0.1) is 18.3 Å². The zero-order chi connectivity index (χ0) is 20.1. The van der Waals surface area contributed by atoms with Gasteiger partial charge in [0, 0.05) is 24.7 Å². The highest BCUT2D eigenvalue weighted by Gasteiger charge is 2.28. The third kappa shape index (κ3) is 4.51. The normalized spacial score (nSPS) is 10.4. The molecule has 142 valence electrons. The van der Waals surface area contributed by atoms with Crippen molar-refractivity contribution >= 4 is 29.4 Å². The Bertz CT molecular complexity index is 869. The van der Waals surface area contributed by atoms with Crippen molar-refractivity contribution in [3.63, 3.8) is 0 Å². The largest absolute Gasteiger partial charge is 0.331 e. The van der Waals surface area contributed by atoms with Gasteiger partial charge in [0.25, 0.3) is 5.91 Å². The van der Waals surface area contributed by atoms with E-state index < -0.39 is 35.0 Å². The van der Waals surface area contributed by atoms with Crippen molar-refractivity contribution in [2.75, 3.05) is 24.7 Å². The molecule has 0 aliphatic carbocycles. The predicted molar refractivity (Wildman–Crippen MR) is 99.6 cm³/mol. The van der Waals surface area contributed by atoms with Gasteiger partial charge in [0.15, 0.2) is 0 Å². The van der Waals surface area contributed by atoms with Crippen LogP contribution in [0, 0.1) is 17.5 Å². The number of urea groups is 1. The lowest BCUT2D eigenvalue weighted by Gasteiger charge is -2.24. The molecule has 8 heteroatoms. The molecule has 0 atom stereocenters. The highest BCUT2D eigenvalue weighted by molar-refractivity contribution is 7.99. The summed E-state index contributed by atoms with van der Waals surface area (Å²) in [5.74, 6) is -3.41. The summed E-state index contributed by atoms with van der Waals surface area (Å²) in [4.78, 5) is 26.9. The average molecular weight is 394 g/mol. The van der Waals surface area contributed by atoms with Gasteiger partial charge in [-0.05, 0) is 30.3 Å². The lowest BCUT2D eigenvalue weighted by atomic mass is 10.1. The number of carbonyl (C=O) groups is 2. The van der Waals surface area contributed by atoms with Crippen LogP contribution in [-0.4, -0.2) is 36.7 Å². The van der Waals surface area contributed by atoms with Gasteiger partial charge in [-0.25, -0.2) is 18.0 Å². The molecule has 4 nitrogen and oxygen atoms in total. The van der Waals surface area contributed by atoms with Gasteiger partial charge >= 0.3 is 6.03 Å². The van der Waals surface area contributed by atoms with Gasteiger partial charge in [0.1, 0.15) is 23.0 Å². The summed E-state index contributed by atoms with van der Waals surface area (Å²) >= 11 is 1.37. The molecule has 0 spiro atoms. The Kier molecular flexibility index (Phi) is 6.68. The van der Waals surface area contributed by atoms with E-state index in [1.165, 1.54) is 30.9 Å². The molecule has 0 heterocycles. The molecule has 0 aliphatic heterocycles. The number of anilines is 1. The van der Waals surface area contributed by atoms with Gasteiger partial charge in [-0.2, -0.15) is 0 Å². The monoisotopic (exact) mass is 394 g/mol. The van der Waals surface area contributed by atoms with E-state index in [0.29, 0.717) is 15.5 Å². The fourth-order valence-electron chi connectivity index (χ4n) is 2.29. The molecule has 2 aromatic rings. The Hall–Kier alpha value is -2.74. The molecule has 2 aromatic carbocycles. The van der Waals surface area contributed by atoms with Crippen LogP contribution < -0.4 is 4.90 Å². The number of carbonyl (C=O) groups excluding carboxylic acids is 2. The van der Waals surface area contributed by atoms with Gasteiger partial charge in [0.05, 0.1) is 5.69 Å². The van der Waals surface area contributed by atoms with Gasteiger partial charge in [-0.3, -0.25) is 14.6 Å². The minimum absolute atomic E-state index is 0.0726. The fraction of sp³-hybridized carbons (Fsp3) is 0.158. The number of halogens is 3. The van der Waals surface area contributed by atoms with Crippen LogP contribution in [0.5, 0.6) is 0 Å². The summed E-state index contributed by atoms with van der Waals surface area (Å²) in [6.45, 7) is 3.58. The first-order valence-corrected chi connectivity index (χ1v) is 8.79. The first kappa shape index (κ1) is 20.6. The average Bonchev–Trinajstić information content (AvgIpc) is 2.64. The molecule has 0 fully saturated rings. The van der Waals surface area contributed by atoms with Crippen LogP contribution in [0.2, 0.25) is 0 Å². The zero-order valence-electron chi connectivity index (χ0n) is 14.7. The van der Waals surface area contributed by atoms with E-state index in [0.717, 1.165) is 30.1 Å². The number of hydrogen-bond acceptors (Lipinski definition) is 3. The molecule has 27 heavy (non-hydrogen) atoms. The van der Waals surface area contributed by atoms with Crippen molar-refractivity contribution < 1.29 is 22.8 Å². The van der Waals surface area contributed by atoms with Crippen LogP contribution in [0.15, 0.2) is 53.9 Å². The van der Waals surface area contributed by atoms with Crippen molar-refractivity contribution in [3.8, 4) is 0 Å². The summed E-state index contributed by atoms with van der Waals surface area (Å²) in [6.07, 6.45) is 1.68. The third-order valence-corrected chi connectivity index (χ3v) is 4.69.